The zero-order valence-electron chi connectivity index (χ0n) is 10.8. The van der Waals surface area contributed by atoms with E-state index in [1.54, 1.807) is 6.20 Å². The molecule has 0 amide bonds. The highest BCUT2D eigenvalue weighted by atomic mass is 16.4. The fraction of sp³-hybridized carbons (Fsp3) is 0.400. The van der Waals surface area contributed by atoms with Gasteiger partial charge >= 0.3 is 0 Å². The van der Waals surface area contributed by atoms with Gasteiger partial charge in [0.15, 0.2) is 6.10 Å². The maximum atomic E-state index is 10.2. The SMILES string of the molecule is OC(c1ccccc1)c1ncc(CN2CCCC2)o1. The Morgan fingerprint density at radius 1 is 1.21 bits per heavy atom. The first-order valence-corrected chi connectivity index (χ1v) is 6.73. The van der Waals surface area contributed by atoms with Gasteiger partial charge in [0.1, 0.15) is 5.76 Å². The van der Waals surface area contributed by atoms with Crippen LogP contribution in [0.15, 0.2) is 40.9 Å². The van der Waals surface area contributed by atoms with Crippen LogP contribution in [0.2, 0.25) is 0 Å². The third kappa shape index (κ3) is 2.85. The molecule has 1 atom stereocenters. The Kier molecular flexibility index (Phi) is 3.62. The van der Waals surface area contributed by atoms with E-state index < -0.39 is 6.10 Å². The third-order valence-corrected chi connectivity index (χ3v) is 3.50. The van der Waals surface area contributed by atoms with E-state index in [1.807, 2.05) is 30.3 Å². The molecule has 0 bridgehead atoms. The van der Waals surface area contributed by atoms with Crippen molar-refractivity contribution in [3.05, 3.63) is 53.7 Å². The molecule has 1 aromatic carbocycles. The van der Waals surface area contributed by atoms with Gasteiger partial charge in [-0.25, -0.2) is 4.98 Å². The van der Waals surface area contributed by atoms with Gasteiger partial charge < -0.3 is 9.52 Å². The topological polar surface area (TPSA) is 49.5 Å². The van der Waals surface area contributed by atoms with Crippen LogP contribution >= 0.6 is 0 Å². The molecule has 2 heterocycles. The Bertz CT molecular complexity index is 518. The van der Waals surface area contributed by atoms with Crippen molar-refractivity contribution in [3.63, 3.8) is 0 Å². The molecule has 1 aromatic heterocycles. The molecule has 0 spiro atoms. The van der Waals surface area contributed by atoms with Gasteiger partial charge in [-0.05, 0) is 31.5 Å². The molecule has 100 valence electrons. The molecule has 4 heteroatoms. The number of hydrogen-bond acceptors (Lipinski definition) is 4. The molecule has 19 heavy (non-hydrogen) atoms. The summed E-state index contributed by atoms with van der Waals surface area (Å²) in [6, 6.07) is 9.45. The van der Waals surface area contributed by atoms with Crippen LogP contribution in [0.3, 0.4) is 0 Å². The van der Waals surface area contributed by atoms with Crippen LogP contribution < -0.4 is 0 Å². The Labute approximate surface area is 112 Å². The van der Waals surface area contributed by atoms with Gasteiger partial charge in [0.2, 0.25) is 5.89 Å². The second-order valence-electron chi connectivity index (χ2n) is 4.96. The highest BCUT2D eigenvalue weighted by molar-refractivity contribution is 5.21. The maximum absolute atomic E-state index is 10.2. The van der Waals surface area contributed by atoms with Gasteiger partial charge in [0.05, 0.1) is 12.7 Å². The van der Waals surface area contributed by atoms with Gasteiger partial charge in [-0.2, -0.15) is 0 Å². The number of hydrogen-bond donors (Lipinski definition) is 1. The van der Waals surface area contributed by atoms with E-state index in [9.17, 15) is 5.11 Å². The lowest BCUT2D eigenvalue weighted by molar-refractivity contribution is 0.176. The Hall–Kier alpha value is -1.65. The lowest BCUT2D eigenvalue weighted by Gasteiger charge is -2.11. The average Bonchev–Trinajstić information content (AvgIpc) is 3.11. The van der Waals surface area contributed by atoms with Crippen molar-refractivity contribution in [3.8, 4) is 0 Å². The van der Waals surface area contributed by atoms with Gasteiger partial charge in [0, 0.05) is 0 Å². The molecule has 1 N–H and O–H groups in total. The predicted molar refractivity (Wildman–Crippen MR) is 71.5 cm³/mol. The molecule has 1 aliphatic rings. The summed E-state index contributed by atoms with van der Waals surface area (Å²) in [6.07, 6.45) is 3.45. The van der Waals surface area contributed by atoms with E-state index in [-0.39, 0.29) is 0 Å². The number of aromatic nitrogens is 1. The molecule has 0 aliphatic carbocycles. The van der Waals surface area contributed by atoms with Crippen LogP contribution in [0.25, 0.3) is 0 Å². The van der Waals surface area contributed by atoms with Crippen LogP contribution in [-0.4, -0.2) is 28.1 Å². The third-order valence-electron chi connectivity index (χ3n) is 3.50. The molecule has 2 aromatic rings. The second kappa shape index (κ2) is 5.55. The van der Waals surface area contributed by atoms with E-state index in [0.717, 1.165) is 31.0 Å². The molecule has 1 unspecified atom stereocenters. The van der Waals surface area contributed by atoms with Crippen LogP contribution in [-0.2, 0) is 6.54 Å². The zero-order valence-corrected chi connectivity index (χ0v) is 10.8. The van der Waals surface area contributed by atoms with Crippen molar-refractivity contribution >= 4 is 0 Å². The monoisotopic (exact) mass is 258 g/mol. The quantitative estimate of drug-likeness (QED) is 0.914. The lowest BCUT2D eigenvalue weighted by Crippen LogP contribution is -2.17. The summed E-state index contributed by atoms with van der Waals surface area (Å²) >= 11 is 0. The van der Waals surface area contributed by atoms with Crippen LogP contribution in [0.5, 0.6) is 0 Å². The average molecular weight is 258 g/mol. The number of likely N-dealkylation sites (tertiary alicyclic amines) is 1. The van der Waals surface area contributed by atoms with E-state index >= 15 is 0 Å². The zero-order chi connectivity index (χ0) is 13.1. The predicted octanol–water partition coefficient (Wildman–Crippen LogP) is 2.35. The van der Waals surface area contributed by atoms with Crippen molar-refractivity contribution in [2.45, 2.75) is 25.5 Å². The smallest absolute Gasteiger partial charge is 0.227 e. The summed E-state index contributed by atoms with van der Waals surface area (Å²) in [7, 11) is 0. The Morgan fingerprint density at radius 3 is 2.68 bits per heavy atom. The molecular weight excluding hydrogens is 240 g/mol. The number of nitrogens with zero attached hydrogens (tertiary/aromatic N) is 2. The van der Waals surface area contributed by atoms with E-state index in [0.29, 0.717) is 5.89 Å². The molecule has 1 fully saturated rings. The van der Waals surface area contributed by atoms with Crippen molar-refractivity contribution in [1.29, 1.82) is 0 Å². The second-order valence-corrected chi connectivity index (χ2v) is 4.96. The Balaban J connectivity index is 1.70. The first-order chi connectivity index (χ1) is 9.33. The minimum Gasteiger partial charge on any atom is -0.441 e. The normalized spacial score (nSPS) is 17.7. The molecular formula is C15H18N2O2. The lowest BCUT2D eigenvalue weighted by atomic mass is 10.1. The number of benzene rings is 1. The summed E-state index contributed by atoms with van der Waals surface area (Å²) in [5, 5.41) is 10.2. The number of aliphatic hydroxyl groups excluding tert-OH is 1. The van der Waals surface area contributed by atoms with E-state index in [2.05, 4.69) is 9.88 Å². The summed E-state index contributed by atoms with van der Waals surface area (Å²) in [5.74, 6) is 1.20. The minimum atomic E-state index is -0.784. The molecule has 3 rings (SSSR count). The van der Waals surface area contributed by atoms with Gasteiger partial charge in [-0.1, -0.05) is 30.3 Å². The van der Waals surface area contributed by atoms with Crippen molar-refractivity contribution in [2.24, 2.45) is 0 Å². The van der Waals surface area contributed by atoms with Crippen LogP contribution in [0, 0.1) is 0 Å². The first kappa shape index (κ1) is 12.4. The highest BCUT2D eigenvalue weighted by Crippen LogP contribution is 2.22. The number of oxazole rings is 1. The van der Waals surface area contributed by atoms with E-state index in [1.165, 1.54) is 12.8 Å². The fourth-order valence-electron chi connectivity index (χ4n) is 2.46. The standard InChI is InChI=1S/C15H18N2O2/c18-14(12-6-2-1-3-7-12)15-16-10-13(19-15)11-17-8-4-5-9-17/h1-3,6-7,10,14,18H,4-5,8-9,11H2. The summed E-state index contributed by atoms with van der Waals surface area (Å²) in [4.78, 5) is 6.54. The van der Waals surface area contributed by atoms with Crippen molar-refractivity contribution < 1.29 is 9.52 Å². The van der Waals surface area contributed by atoms with Gasteiger partial charge in [0.25, 0.3) is 0 Å². The molecule has 1 saturated heterocycles. The summed E-state index contributed by atoms with van der Waals surface area (Å²) in [5.41, 5.74) is 0.803. The van der Waals surface area contributed by atoms with Crippen LogP contribution in [0.4, 0.5) is 0 Å². The first-order valence-electron chi connectivity index (χ1n) is 6.73. The van der Waals surface area contributed by atoms with E-state index in [4.69, 9.17) is 4.42 Å². The molecule has 4 nitrogen and oxygen atoms in total. The molecule has 0 saturated carbocycles. The van der Waals surface area contributed by atoms with Crippen molar-refractivity contribution in [1.82, 2.24) is 9.88 Å². The summed E-state index contributed by atoms with van der Waals surface area (Å²) < 4.78 is 5.66. The van der Waals surface area contributed by atoms with Crippen molar-refractivity contribution in [2.75, 3.05) is 13.1 Å². The Morgan fingerprint density at radius 2 is 1.95 bits per heavy atom. The van der Waals surface area contributed by atoms with Gasteiger partial charge in [-0.15, -0.1) is 0 Å². The largest absolute Gasteiger partial charge is 0.441 e. The number of rotatable bonds is 4. The number of aliphatic hydroxyl groups is 1. The molecule has 1 aliphatic heterocycles. The fourth-order valence-corrected chi connectivity index (χ4v) is 2.46. The highest BCUT2D eigenvalue weighted by Gasteiger charge is 2.18. The summed E-state index contributed by atoms with van der Waals surface area (Å²) in [6.45, 7) is 3.03. The maximum Gasteiger partial charge on any atom is 0.227 e. The minimum absolute atomic E-state index is 0.375. The van der Waals surface area contributed by atoms with Gasteiger partial charge in [-0.3, -0.25) is 4.90 Å². The van der Waals surface area contributed by atoms with Crippen LogP contribution in [0.1, 0.15) is 36.2 Å². The molecule has 0 radical (unpaired) electrons.